The van der Waals surface area contributed by atoms with Gasteiger partial charge in [0, 0.05) is 11.6 Å². The highest BCUT2D eigenvalue weighted by atomic mass is 16.6. The van der Waals surface area contributed by atoms with Crippen molar-refractivity contribution in [2.24, 2.45) is 0 Å². The van der Waals surface area contributed by atoms with Crippen molar-refractivity contribution in [1.82, 2.24) is 0 Å². The lowest BCUT2D eigenvalue weighted by molar-refractivity contribution is -0.151. The fourth-order valence-electron chi connectivity index (χ4n) is 4.99. The molecule has 3 aromatic carbocycles. The Kier molecular flexibility index (Phi) is 14.5. The number of hydrogen-bond acceptors (Lipinski definition) is 10. The fraction of sp³-hybridized carbons (Fsp3) is 0.333. The van der Waals surface area contributed by atoms with Crippen LogP contribution < -0.4 is 14.2 Å². The molecular weight excluding hydrogens is 628 g/mol. The van der Waals surface area contributed by atoms with Gasteiger partial charge in [0.1, 0.15) is 36.6 Å². The Morgan fingerprint density at radius 2 is 1.24 bits per heavy atom. The largest absolute Gasteiger partial charge is 0.494 e. The summed E-state index contributed by atoms with van der Waals surface area (Å²) in [6.07, 6.45) is 7.23. The highest BCUT2D eigenvalue weighted by Gasteiger charge is 2.20. The van der Waals surface area contributed by atoms with Crippen LogP contribution >= 0.6 is 0 Å². The maximum Gasteiger partial charge on any atom is 0.343 e. The normalized spacial score (nSPS) is 12.7. The van der Waals surface area contributed by atoms with Crippen LogP contribution in [0.15, 0.2) is 97.6 Å². The monoisotopic (exact) mass is 670 g/mol. The molecule has 10 nitrogen and oxygen atoms in total. The third-order valence-corrected chi connectivity index (χ3v) is 7.64. The van der Waals surface area contributed by atoms with E-state index < -0.39 is 23.9 Å². The molecule has 0 heterocycles. The van der Waals surface area contributed by atoms with Gasteiger partial charge in [-0.05, 0) is 98.2 Å². The molecule has 4 rings (SSSR count). The Hall–Kier alpha value is -5.38. The van der Waals surface area contributed by atoms with Crippen LogP contribution in [0.2, 0.25) is 0 Å². The van der Waals surface area contributed by atoms with E-state index in [1.807, 2.05) is 24.3 Å². The Morgan fingerprint density at radius 1 is 0.673 bits per heavy atom. The van der Waals surface area contributed by atoms with E-state index in [0.29, 0.717) is 48.9 Å². The summed E-state index contributed by atoms with van der Waals surface area (Å²) in [7, 11) is 0. The van der Waals surface area contributed by atoms with E-state index in [1.54, 1.807) is 48.5 Å². The SMILES string of the molecule is C=CC(=O)OCCCCOc1ccc(C(=O)Oc2ccc(-c3ccc(OCCOC(=O)C(=C)CC(=O)OC4CCCCC4)cc3)cc2)cc1. The minimum absolute atomic E-state index is 0.00731. The standard InChI is InChI=1S/C39H42O10/c1-3-36(40)46-24-8-7-23-44-32-19-15-31(16-20-32)39(43)49-35-21-13-30(14-22-35)29-11-17-33(18-12-29)45-25-26-47-38(42)28(2)27-37(41)48-34-9-5-4-6-10-34/h3,11-22,34H,1-2,4-10,23-27H2. The van der Waals surface area contributed by atoms with Gasteiger partial charge in [0.05, 0.1) is 25.2 Å². The molecule has 258 valence electrons. The van der Waals surface area contributed by atoms with Gasteiger partial charge in [-0.15, -0.1) is 0 Å². The maximum atomic E-state index is 12.6. The van der Waals surface area contributed by atoms with Crippen LogP contribution in [-0.2, 0) is 28.6 Å². The Bertz CT molecular complexity index is 1550. The van der Waals surface area contributed by atoms with Crippen LogP contribution in [0, 0.1) is 0 Å². The number of rotatable bonds is 18. The molecule has 0 spiro atoms. The summed E-state index contributed by atoms with van der Waals surface area (Å²) in [5.41, 5.74) is 2.29. The Labute approximate surface area is 286 Å². The van der Waals surface area contributed by atoms with Crippen molar-refractivity contribution in [1.29, 1.82) is 0 Å². The molecular formula is C39H42O10. The van der Waals surface area contributed by atoms with E-state index in [-0.39, 0.29) is 31.3 Å². The average Bonchev–Trinajstić information content (AvgIpc) is 3.12. The number of ether oxygens (including phenoxy) is 6. The highest BCUT2D eigenvalue weighted by molar-refractivity contribution is 5.93. The number of carbonyl (C=O) groups excluding carboxylic acids is 4. The second-order valence-electron chi connectivity index (χ2n) is 11.4. The second-order valence-corrected chi connectivity index (χ2v) is 11.4. The lowest BCUT2D eigenvalue weighted by Gasteiger charge is -2.21. The minimum Gasteiger partial charge on any atom is -0.494 e. The zero-order valence-corrected chi connectivity index (χ0v) is 27.6. The second kappa shape index (κ2) is 19.4. The zero-order valence-electron chi connectivity index (χ0n) is 27.6. The fourth-order valence-corrected chi connectivity index (χ4v) is 4.99. The van der Waals surface area contributed by atoms with E-state index in [0.717, 1.165) is 49.3 Å². The number of unbranched alkanes of at least 4 members (excludes halogenated alkanes) is 1. The van der Waals surface area contributed by atoms with Gasteiger partial charge in [0.2, 0.25) is 0 Å². The zero-order chi connectivity index (χ0) is 34.8. The van der Waals surface area contributed by atoms with E-state index in [1.165, 1.54) is 0 Å². The molecule has 1 fully saturated rings. The van der Waals surface area contributed by atoms with Crippen molar-refractivity contribution >= 4 is 23.9 Å². The van der Waals surface area contributed by atoms with Gasteiger partial charge >= 0.3 is 23.9 Å². The molecule has 0 unspecified atom stereocenters. The summed E-state index contributed by atoms with van der Waals surface area (Å²) >= 11 is 0. The Morgan fingerprint density at radius 3 is 1.88 bits per heavy atom. The third kappa shape index (κ3) is 12.6. The first-order valence-electron chi connectivity index (χ1n) is 16.4. The van der Waals surface area contributed by atoms with Gasteiger partial charge < -0.3 is 28.4 Å². The number of benzene rings is 3. The summed E-state index contributed by atoms with van der Waals surface area (Å²) in [6.45, 7) is 7.92. The first-order valence-corrected chi connectivity index (χ1v) is 16.4. The summed E-state index contributed by atoms with van der Waals surface area (Å²) in [4.78, 5) is 48.0. The molecule has 1 saturated carbocycles. The summed E-state index contributed by atoms with van der Waals surface area (Å²) in [6, 6.07) is 21.2. The number of hydrogen-bond donors (Lipinski definition) is 0. The molecule has 0 radical (unpaired) electrons. The van der Waals surface area contributed by atoms with E-state index in [2.05, 4.69) is 13.2 Å². The Balaban J connectivity index is 1.13. The first kappa shape index (κ1) is 36.5. The molecule has 1 aliphatic rings. The molecule has 0 saturated heterocycles. The molecule has 0 amide bonds. The predicted molar refractivity (Wildman–Crippen MR) is 182 cm³/mol. The van der Waals surface area contributed by atoms with E-state index in [9.17, 15) is 19.2 Å². The van der Waals surface area contributed by atoms with Gasteiger partial charge in [0.25, 0.3) is 0 Å². The highest BCUT2D eigenvalue weighted by Crippen LogP contribution is 2.26. The predicted octanol–water partition coefficient (Wildman–Crippen LogP) is 7.21. The minimum atomic E-state index is -0.647. The topological polar surface area (TPSA) is 124 Å². The lowest BCUT2D eigenvalue weighted by atomic mass is 9.98. The summed E-state index contributed by atoms with van der Waals surface area (Å²) in [5.74, 6) is -0.403. The van der Waals surface area contributed by atoms with Crippen molar-refractivity contribution in [3.05, 3.63) is 103 Å². The molecule has 49 heavy (non-hydrogen) atoms. The van der Waals surface area contributed by atoms with Crippen LogP contribution in [0.3, 0.4) is 0 Å². The van der Waals surface area contributed by atoms with Gasteiger partial charge in [0.15, 0.2) is 0 Å². The lowest BCUT2D eigenvalue weighted by Crippen LogP contribution is -2.22. The summed E-state index contributed by atoms with van der Waals surface area (Å²) in [5, 5.41) is 0. The average molecular weight is 671 g/mol. The van der Waals surface area contributed by atoms with E-state index in [4.69, 9.17) is 28.4 Å². The molecule has 0 N–H and O–H groups in total. The maximum absolute atomic E-state index is 12.6. The van der Waals surface area contributed by atoms with Crippen LogP contribution in [0.4, 0.5) is 0 Å². The molecule has 0 aromatic heterocycles. The molecule has 1 aliphatic carbocycles. The summed E-state index contributed by atoms with van der Waals surface area (Å²) < 4.78 is 32.4. The number of carbonyl (C=O) groups is 4. The van der Waals surface area contributed by atoms with Crippen molar-refractivity contribution in [2.75, 3.05) is 26.4 Å². The first-order chi connectivity index (χ1) is 23.8. The number of esters is 4. The smallest absolute Gasteiger partial charge is 0.343 e. The molecule has 0 atom stereocenters. The van der Waals surface area contributed by atoms with Crippen molar-refractivity contribution in [3.63, 3.8) is 0 Å². The molecule has 3 aromatic rings. The third-order valence-electron chi connectivity index (χ3n) is 7.64. The van der Waals surface area contributed by atoms with Crippen molar-refractivity contribution in [3.8, 4) is 28.4 Å². The molecule has 0 aliphatic heterocycles. The van der Waals surface area contributed by atoms with Gasteiger partial charge in [-0.25, -0.2) is 14.4 Å². The van der Waals surface area contributed by atoms with Crippen molar-refractivity contribution < 1.29 is 47.6 Å². The van der Waals surface area contributed by atoms with Crippen LogP contribution in [0.5, 0.6) is 17.2 Å². The molecule has 0 bridgehead atoms. The molecule has 10 heteroatoms. The van der Waals surface area contributed by atoms with Crippen LogP contribution in [0.25, 0.3) is 11.1 Å². The van der Waals surface area contributed by atoms with Gasteiger partial charge in [-0.1, -0.05) is 43.8 Å². The van der Waals surface area contributed by atoms with Crippen LogP contribution in [0.1, 0.15) is 61.7 Å². The van der Waals surface area contributed by atoms with Crippen molar-refractivity contribution in [2.45, 2.75) is 57.5 Å². The van der Waals surface area contributed by atoms with Gasteiger partial charge in [-0.2, -0.15) is 0 Å². The van der Waals surface area contributed by atoms with Gasteiger partial charge in [-0.3, -0.25) is 4.79 Å². The quantitative estimate of drug-likeness (QED) is 0.0451. The van der Waals surface area contributed by atoms with Crippen LogP contribution in [-0.4, -0.2) is 56.4 Å². The van der Waals surface area contributed by atoms with E-state index >= 15 is 0 Å².